The summed E-state index contributed by atoms with van der Waals surface area (Å²) < 4.78 is 13.0. The van der Waals surface area contributed by atoms with E-state index in [0.29, 0.717) is 23.6 Å². The van der Waals surface area contributed by atoms with Crippen LogP contribution in [-0.4, -0.2) is 13.3 Å². The van der Waals surface area contributed by atoms with Crippen molar-refractivity contribution in [1.29, 1.82) is 0 Å². The molecule has 0 amide bonds. The van der Waals surface area contributed by atoms with Gasteiger partial charge in [-0.15, -0.1) is 0 Å². The first-order chi connectivity index (χ1) is 5.74. The van der Waals surface area contributed by atoms with Crippen LogP contribution >= 0.6 is 11.6 Å². The SMILES string of the molecule is C=NCCc1ccc(Cl)cc1F. The summed E-state index contributed by atoms with van der Waals surface area (Å²) in [7, 11) is 0. The van der Waals surface area contributed by atoms with Gasteiger partial charge >= 0.3 is 0 Å². The number of nitrogens with zero attached hydrogens (tertiary/aromatic N) is 1. The zero-order chi connectivity index (χ0) is 8.97. The third-order valence-corrected chi connectivity index (χ3v) is 1.79. The normalized spacial score (nSPS) is 9.83. The highest BCUT2D eigenvalue weighted by Gasteiger charge is 2.00. The fraction of sp³-hybridized carbons (Fsp3) is 0.222. The van der Waals surface area contributed by atoms with Crippen molar-refractivity contribution < 1.29 is 4.39 Å². The van der Waals surface area contributed by atoms with E-state index < -0.39 is 0 Å². The maximum atomic E-state index is 13.0. The van der Waals surface area contributed by atoms with Gasteiger partial charge < -0.3 is 4.99 Å². The van der Waals surface area contributed by atoms with Crippen LogP contribution in [0.4, 0.5) is 4.39 Å². The van der Waals surface area contributed by atoms with Gasteiger partial charge in [0.05, 0.1) is 0 Å². The van der Waals surface area contributed by atoms with Crippen LogP contribution in [0, 0.1) is 5.82 Å². The Hall–Kier alpha value is -0.890. The average Bonchev–Trinajstić information content (AvgIpc) is 2.03. The van der Waals surface area contributed by atoms with Crippen LogP contribution in [0.2, 0.25) is 5.02 Å². The van der Waals surface area contributed by atoms with Gasteiger partial charge in [-0.2, -0.15) is 0 Å². The molecule has 0 aromatic heterocycles. The Morgan fingerprint density at radius 2 is 2.25 bits per heavy atom. The predicted octanol–water partition coefficient (Wildman–Crippen LogP) is 2.72. The molecule has 1 aromatic carbocycles. The second-order valence-electron chi connectivity index (χ2n) is 2.43. The molecule has 0 aliphatic heterocycles. The van der Waals surface area contributed by atoms with E-state index in [1.54, 1.807) is 12.1 Å². The van der Waals surface area contributed by atoms with Crippen LogP contribution in [-0.2, 0) is 6.42 Å². The monoisotopic (exact) mass is 185 g/mol. The van der Waals surface area contributed by atoms with E-state index in [-0.39, 0.29) is 5.82 Å². The van der Waals surface area contributed by atoms with Crippen molar-refractivity contribution in [1.82, 2.24) is 0 Å². The molecule has 1 aromatic rings. The Bertz CT molecular complexity index is 286. The van der Waals surface area contributed by atoms with E-state index in [1.807, 2.05) is 0 Å². The van der Waals surface area contributed by atoms with Crippen LogP contribution in [0.15, 0.2) is 23.2 Å². The van der Waals surface area contributed by atoms with Gasteiger partial charge in [-0.25, -0.2) is 4.39 Å². The first-order valence-corrected chi connectivity index (χ1v) is 3.98. The van der Waals surface area contributed by atoms with E-state index >= 15 is 0 Å². The summed E-state index contributed by atoms with van der Waals surface area (Å²) in [6.45, 7) is 3.86. The van der Waals surface area contributed by atoms with Crippen molar-refractivity contribution in [3.63, 3.8) is 0 Å². The second-order valence-corrected chi connectivity index (χ2v) is 2.87. The van der Waals surface area contributed by atoms with Gasteiger partial charge in [0.25, 0.3) is 0 Å². The van der Waals surface area contributed by atoms with E-state index in [1.165, 1.54) is 6.07 Å². The minimum atomic E-state index is -0.272. The molecule has 0 aliphatic rings. The number of hydrogen-bond acceptors (Lipinski definition) is 1. The largest absolute Gasteiger partial charge is 0.301 e. The molecule has 0 radical (unpaired) electrons. The molecular formula is C9H9ClFN. The first-order valence-electron chi connectivity index (χ1n) is 3.60. The summed E-state index contributed by atoms with van der Waals surface area (Å²) in [5.74, 6) is -0.272. The van der Waals surface area contributed by atoms with E-state index in [0.717, 1.165) is 0 Å². The van der Waals surface area contributed by atoms with Gasteiger partial charge in [0.2, 0.25) is 0 Å². The van der Waals surface area contributed by atoms with Gasteiger partial charge in [0.1, 0.15) is 5.82 Å². The smallest absolute Gasteiger partial charge is 0.127 e. The lowest BCUT2D eigenvalue weighted by Gasteiger charge is -2.00. The topological polar surface area (TPSA) is 12.4 Å². The van der Waals surface area contributed by atoms with Gasteiger partial charge in [-0.05, 0) is 30.8 Å². The standard InChI is InChI=1S/C9H9ClFN/c1-12-5-4-7-2-3-8(10)6-9(7)11/h2-3,6H,1,4-5H2. The molecule has 0 atom stereocenters. The third-order valence-electron chi connectivity index (χ3n) is 1.55. The van der Waals surface area contributed by atoms with Crippen molar-refractivity contribution in [2.45, 2.75) is 6.42 Å². The average molecular weight is 186 g/mol. The molecular weight excluding hydrogens is 177 g/mol. The number of benzene rings is 1. The highest BCUT2D eigenvalue weighted by Crippen LogP contribution is 2.14. The van der Waals surface area contributed by atoms with Crippen LogP contribution < -0.4 is 0 Å². The van der Waals surface area contributed by atoms with Crippen LogP contribution in [0.3, 0.4) is 0 Å². The Morgan fingerprint density at radius 1 is 1.50 bits per heavy atom. The van der Waals surface area contributed by atoms with E-state index in [2.05, 4.69) is 11.7 Å². The molecule has 0 saturated heterocycles. The second kappa shape index (κ2) is 4.21. The summed E-state index contributed by atoms with van der Waals surface area (Å²) in [5, 5.41) is 0.419. The summed E-state index contributed by atoms with van der Waals surface area (Å²) in [4.78, 5) is 3.64. The van der Waals surface area contributed by atoms with Gasteiger partial charge in [0, 0.05) is 11.6 Å². The first kappa shape index (κ1) is 9.20. The number of aliphatic imine (C=N–C) groups is 1. The Morgan fingerprint density at radius 3 is 2.83 bits per heavy atom. The fourth-order valence-electron chi connectivity index (χ4n) is 0.924. The molecule has 64 valence electrons. The minimum Gasteiger partial charge on any atom is -0.301 e. The lowest BCUT2D eigenvalue weighted by atomic mass is 10.1. The van der Waals surface area contributed by atoms with Crippen molar-refractivity contribution in [2.24, 2.45) is 4.99 Å². The molecule has 0 saturated carbocycles. The molecule has 0 unspecified atom stereocenters. The number of hydrogen-bond donors (Lipinski definition) is 0. The summed E-state index contributed by atoms with van der Waals surface area (Å²) >= 11 is 5.58. The number of halogens is 2. The molecule has 0 fully saturated rings. The lowest BCUT2D eigenvalue weighted by molar-refractivity contribution is 0.610. The summed E-state index contributed by atoms with van der Waals surface area (Å²) in [6, 6.07) is 4.64. The zero-order valence-corrected chi connectivity index (χ0v) is 7.31. The highest BCUT2D eigenvalue weighted by atomic mass is 35.5. The van der Waals surface area contributed by atoms with Gasteiger partial charge in [-0.3, -0.25) is 0 Å². The molecule has 1 nitrogen and oxygen atoms in total. The summed E-state index contributed by atoms with van der Waals surface area (Å²) in [5.41, 5.74) is 0.631. The van der Waals surface area contributed by atoms with Crippen molar-refractivity contribution in [2.75, 3.05) is 6.54 Å². The van der Waals surface area contributed by atoms with Crippen molar-refractivity contribution >= 4 is 18.3 Å². The number of rotatable bonds is 3. The van der Waals surface area contributed by atoms with Crippen LogP contribution in [0.25, 0.3) is 0 Å². The van der Waals surface area contributed by atoms with Gasteiger partial charge in [-0.1, -0.05) is 17.7 Å². The lowest BCUT2D eigenvalue weighted by Crippen LogP contribution is -1.92. The van der Waals surface area contributed by atoms with Crippen LogP contribution in [0.5, 0.6) is 0 Å². The Labute approximate surface area is 75.9 Å². The van der Waals surface area contributed by atoms with Crippen LogP contribution in [0.1, 0.15) is 5.56 Å². The highest BCUT2D eigenvalue weighted by molar-refractivity contribution is 6.30. The maximum Gasteiger partial charge on any atom is 0.127 e. The maximum absolute atomic E-state index is 13.0. The van der Waals surface area contributed by atoms with E-state index in [9.17, 15) is 4.39 Å². The molecule has 12 heavy (non-hydrogen) atoms. The molecule has 0 heterocycles. The molecule has 0 bridgehead atoms. The fourth-order valence-corrected chi connectivity index (χ4v) is 1.08. The van der Waals surface area contributed by atoms with E-state index in [4.69, 9.17) is 11.6 Å². The van der Waals surface area contributed by atoms with Gasteiger partial charge in [0.15, 0.2) is 0 Å². The zero-order valence-electron chi connectivity index (χ0n) is 6.56. The molecule has 0 spiro atoms. The van der Waals surface area contributed by atoms with Crippen molar-refractivity contribution in [3.05, 3.63) is 34.6 Å². The van der Waals surface area contributed by atoms with Crippen molar-refractivity contribution in [3.8, 4) is 0 Å². The summed E-state index contributed by atoms with van der Waals surface area (Å²) in [6.07, 6.45) is 0.576. The molecule has 1 rings (SSSR count). The molecule has 0 aliphatic carbocycles. The molecule has 0 N–H and O–H groups in total. The third kappa shape index (κ3) is 2.31. The Balaban J connectivity index is 2.78. The quantitative estimate of drug-likeness (QED) is 0.643. The Kier molecular flexibility index (Phi) is 3.23. The minimum absolute atomic E-state index is 0.272. The predicted molar refractivity (Wildman–Crippen MR) is 49.5 cm³/mol. The molecule has 3 heteroatoms.